The number of para-hydroxylation sites is 1. The van der Waals surface area contributed by atoms with Crippen molar-refractivity contribution in [3.63, 3.8) is 0 Å². The van der Waals surface area contributed by atoms with Crippen molar-refractivity contribution >= 4 is 17.5 Å². The van der Waals surface area contributed by atoms with Crippen LogP contribution in [0.2, 0.25) is 0 Å². The van der Waals surface area contributed by atoms with Crippen LogP contribution in [0.1, 0.15) is 28.7 Å². The topological polar surface area (TPSA) is 47.8 Å². The number of carbonyl (C=O) groups excluding carboxylic acids is 1. The lowest BCUT2D eigenvalue weighted by Gasteiger charge is -2.14. The summed E-state index contributed by atoms with van der Waals surface area (Å²) in [5.41, 5.74) is 1.83. The molecular weight excluding hydrogens is 356 g/mol. The van der Waals surface area contributed by atoms with E-state index in [1.807, 2.05) is 42.7 Å². The molecule has 134 valence electrons. The van der Waals surface area contributed by atoms with E-state index in [0.29, 0.717) is 17.0 Å². The minimum Gasteiger partial charge on any atom is -0.293 e. The van der Waals surface area contributed by atoms with Crippen molar-refractivity contribution in [3.05, 3.63) is 71.1 Å². The van der Waals surface area contributed by atoms with E-state index < -0.39 is 22.7 Å². The second-order valence-electron chi connectivity index (χ2n) is 5.90. The van der Waals surface area contributed by atoms with Gasteiger partial charge >= 0.3 is 0 Å². The standard InChI is InChI=1S/C19H17F2N3OS/c1-11-6-4-5-7-17(11)24-13(3)22-23-19(24)26-12(2)18(25)15-9-8-14(20)10-16(15)21/h4-10,12H,1-3H3. The number of Topliss-reactive ketones (excluding diaryl/α,β-unsaturated/α-hetero) is 1. The molecule has 0 saturated carbocycles. The highest BCUT2D eigenvalue weighted by molar-refractivity contribution is 8.00. The molecule has 0 N–H and O–H groups in total. The summed E-state index contributed by atoms with van der Waals surface area (Å²) in [5, 5.41) is 8.19. The van der Waals surface area contributed by atoms with Gasteiger partial charge in [-0.05, 0) is 44.5 Å². The Morgan fingerprint density at radius 3 is 2.54 bits per heavy atom. The average molecular weight is 373 g/mol. The highest BCUT2D eigenvalue weighted by Gasteiger charge is 2.23. The maximum absolute atomic E-state index is 13.9. The van der Waals surface area contributed by atoms with Crippen LogP contribution in [-0.4, -0.2) is 25.8 Å². The van der Waals surface area contributed by atoms with Crippen LogP contribution in [0.3, 0.4) is 0 Å². The second kappa shape index (κ2) is 7.37. The highest BCUT2D eigenvalue weighted by atomic mass is 32.2. The molecule has 0 aliphatic heterocycles. The number of rotatable bonds is 5. The summed E-state index contributed by atoms with van der Waals surface area (Å²) in [5.74, 6) is -1.31. The Hall–Kier alpha value is -2.54. The van der Waals surface area contributed by atoms with Crippen molar-refractivity contribution in [1.82, 2.24) is 14.8 Å². The summed E-state index contributed by atoms with van der Waals surface area (Å²) in [6, 6.07) is 10.7. The summed E-state index contributed by atoms with van der Waals surface area (Å²) in [6.45, 7) is 5.48. The number of aromatic nitrogens is 3. The predicted octanol–water partition coefficient (Wildman–Crippen LogP) is 4.53. The quantitative estimate of drug-likeness (QED) is 0.487. The maximum atomic E-state index is 13.9. The third-order valence-corrected chi connectivity index (χ3v) is 5.04. The van der Waals surface area contributed by atoms with Crippen LogP contribution in [0.4, 0.5) is 8.78 Å². The van der Waals surface area contributed by atoms with Crippen LogP contribution in [0.25, 0.3) is 5.69 Å². The number of hydrogen-bond donors (Lipinski definition) is 0. The number of aryl methyl sites for hydroxylation is 2. The first-order valence-electron chi connectivity index (χ1n) is 8.02. The van der Waals surface area contributed by atoms with Gasteiger partial charge in [-0.2, -0.15) is 0 Å². The Balaban J connectivity index is 1.90. The summed E-state index contributed by atoms with van der Waals surface area (Å²) in [4.78, 5) is 12.6. The molecule has 0 fully saturated rings. The summed E-state index contributed by atoms with van der Waals surface area (Å²) < 4.78 is 28.8. The minimum absolute atomic E-state index is 0.134. The van der Waals surface area contributed by atoms with Crippen molar-refractivity contribution in [3.8, 4) is 5.69 Å². The third-order valence-electron chi connectivity index (χ3n) is 4.00. The molecule has 0 saturated heterocycles. The number of thioether (sulfide) groups is 1. The van der Waals surface area contributed by atoms with Crippen LogP contribution in [0.5, 0.6) is 0 Å². The molecule has 0 radical (unpaired) electrons. The minimum atomic E-state index is -0.862. The largest absolute Gasteiger partial charge is 0.293 e. The van der Waals surface area contributed by atoms with Gasteiger partial charge in [0, 0.05) is 6.07 Å². The Labute approximate surface area is 154 Å². The number of ketones is 1. The molecule has 1 aromatic heterocycles. The molecule has 3 rings (SSSR count). The zero-order valence-electron chi connectivity index (χ0n) is 14.5. The molecule has 0 spiro atoms. The van der Waals surface area contributed by atoms with E-state index in [2.05, 4.69) is 10.2 Å². The summed E-state index contributed by atoms with van der Waals surface area (Å²) in [6.07, 6.45) is 0. The van der Waals surface area contributed by atoms with E-state index >= 15 is 0 Å². The Morgan fingerprint density at radius 1 is 1.12 bits per heavy atom. The number of benzene rings is 2. The molecule has 2 aromatic carbocycles. The molecule has 0 aliphatic carbocycles. The zero-order chi connectivity index (χ0) is 18.8. The molecule has 3 aromatic rings. The molecule has 1 unspecified atom stereocenters. The number of halogens is 2. The van der Waals surface area contributed by atoms with Crippen molar-refractivity contribution in [2.75, 3.05) is 0 Å². The van der Waals surface area contributed by atoms with E-state index in [9.17, 15) is 13.6 Å². The fourth-order valence-electron chi connectivity index (χ4n) is 2.63. The van der Waals surface area contributed by atoms with Gasteiger partial charge in [-0.15, -0.1) is 10.2 Å². The molecule has 7 heteroatoms. The van der Waals surface area contributed by atoms with E-state index in [-0.39, 0.29) is 5.56 Å². The molecular formula is C19H17F2N3OS. The zero-order valence-corrected chi connectivity index (χ0v) is 15.3. The molecule has 26 heavy (non-hydrogen) atoms. The predicted molar refractivity (Wildman–Crippen MR) is 96.8 cm³/mol. The number of nitrogens with zero attached hydrogens (tertiary/aromatic N) is 3. The molecule has 4 nitrogen and oxygen atoms in total. The van der Waals surface area contributed by atoms with Crippen molar-refractivity contribution < 1.29 is 13.6 Å². The van der Waals surface area contributed by atoms with Gasteiger partial charge in [-0.1, -0.05) is 30.0 Å². The van der Waals surface area contributed by atoms with Gasteiger partial charge in [-0.25, -0.2) is 8.78 Å². The van der Waals surface area contributed by atoms with Crippen LogP contribution >= 0.6 is 11.8 Å². The van der Waals surface area contributed by atoms with Crippen molar-refractivity contribution in [1.29, 1.82) is 0 Å². The fraction of sp³-hybridized carbons (Fsp3) is 0.211. The Kier molecular flexibility index (Phi) is 5.18. The van der Waals surface area contributed by atoms with Crippen LogP contribution < -0.4 is 0 Å². The van der Waals surface area contributed by atoms with E-state index in [0.717, 1.165) is 17.3 Å². The smallest absolute Gasteiger partial charge is 0.196 e. The fourth-order valence-corrected chi connectivity index (χ4v) is 3.60. The first-order valence-corrected chi connectivity index (χ1v) is 8.90. The maximum Gasteiger partial charge on any atom is 0.196 e. The Morgan fingerprint density at radius 2 is 1.85 bits per heavy atom. The normalized spacial score (nSPS) is 12.2. The van der Waals surface area contributed by atoms with Crippen LogP contribution in [-0.2, 0) is 0 Å². The van der Waals surface area contributed by atoms with Gasteiger partial charge in [0.2, 0.25) is 0 Å². The molecule has 1 heterocycles. The van der Waals surface area contributed by atoms with E-state index in [4.69, 9.17) is 0 Å². The third kappa shape index (κ3) is 3.53. The van der Waals surface area contributed by atoms with Gasteiger partial charge in [0.05, 0.1) is 16.5 Å². The highest BCUT2D eigenvalue weighted by Crippen LogP contribution is 2.29. The van der Waals surface area contributed by atoms with Gasteiger partial charge in [-0.3, -0.25) is 9.36 Å². The SMILES string of the molecule is Cc1ccccc1-n1c(C)nnc1SC(C)C(=O)c1ccc(F)cc1F. The monoisotopic (exact) mass is 373 g/mol. The van der Waals surface area contributed by atoms with Gasteiger partial charge in [0.1, 0.15) is 17.5 Å². The molecule has 0 bridgehead atoms. The summed E-state index contributed by atoms with van der Waals surface area (Å²) >= 11 is 1.19. The first kappa shape index (κ1) is 18.3. The molecule has 1 atom stereocenters. The van der Waals surface area contributed by atoms with Gasteiger partial charge in [0.25, 0.3) is 0 Å². The van der Waals surface area contributed by atoms with Gasteiger partial charge < -0.3 is 0 Å². The number of carbonyl (C=O) groups is 1. The average Bonchev–Trinajstić information content (AvgIpc) is 2.95. The molecule has 0 aliphatic rings. The first-order chi connectivity index (χ1) is 12.4. The Bertz CT molecular complexity index is 971. The molecule has 0 amide bonds. The van der Waals surface area contributed by atoms with E-state index in [1.54, 1.807) is 6.92 Å². The van der Waals surface area contributed by atoms with Crippen molar-refractivity contribution in [2.45, 2.75) is 31.2 Å². The lowest BCUT2D eigenvalue weighted by molar-refractivity contribution is 0.0990. The van der Waals surface area contributed by atoms with Crippen LogP contribution in [0, 0.1) is 25.5 Å². The number of hydrogen-bond acceptors (Lipinski definition) is 4. The van der Waals surface area contributed by atoms with Gasteiger partial charge in [0.15, 0.2) is 10.9 Å². The lowest BCUT2D eigenvalue weighted by atomic mass is 10.1. The summed E-state index contributed by atoms with van der Waals surface area (Å²) in [7, 11) is 0. The van der Waals surface area contributed by atoms with Crippen LogP contribution in [0.15, 0.2) is 47.6 Å². The van der Waals surface area contributed by atoms with E-state index in [1.165, 1.54) is 17.8 Å². The second-order valence-corrected chi connectivity index (χ2v) is 7.21. The van der Waals surface area contributed by atoms with Crippen molar-refractivity contribution in [2.24, 2.45) is 0 Å². The lowest BCUT2D eigenvalue weighted by Crippen LogP contribution is -2.16.